The fourth-order valence-electron chi connectivity index (χ4n) is 3.61. The lowest BCUT2D eigenvalue weighted by Gasteiger charge is -2.44. The van der Waals surface area contributed by atoms with E-state index in [0.717, 1.165) is 12.2 Å². The van der Waals surface area contributed by atoms with Crippen LogP contribution in [0.3, 0.4) is 0 Å². The van der Waals surface area contributed by atoms with Crippen molar-refractivity contribution in [1.82, 2.24) is 4.90 Å². The zero-order chi connectivity index (χ0) is 12.8. The molecular weight excluding hydrogens is 337 g/mol. The summed E-state index contributed by atoms with van der Waals surface area (Å²) in [6.45, 7) is 0. The topological polar surface area (TPSA) is 12.5 Å². The summed E-state index contributed by atoms with van der Waals surface area (Å²) < 4.78 is 7.73. The van der Waals surface area contributed by atoms with Crippen molar-refractivity contribution in [3.63, 3.8) is 0 Å². The van der Waals surface area contributed by atoms with Gasteiger partial charge in [0.2, 0.25) is 0 Å². The molecule has 2 atom stereocenters. The van der Waals surface area contributed by atoms with E-state index in [1.54, 1.807) is 0 Å². The van der Waals surface area contributed by atoms with Gasteiger partial charge < -0.3 is 9.64 Å². The minimum atomic E-state index is 0.0362. The average Bonchev–Trinajstić information content (AvgIpc) is 2.66. The van der Waals surface area contributed by atoms with Gasteiger partial charge in [-0.3, -0.25) is 0 Å². The molecule has 0 radical (unpaired) electrons. The molecule has 0 bridgehead atoms. The number of ether oxygens (including phenoxy) is 1. The Balaban J connectivity index is 1.93. The smallest absolute Gasteiger partial charge is 0.129 e. The molecule has 0 aromatic heterocycles. The van der Waals surface area contributed by atoms with Crippen LogP contribution in [0.4, 0.5) is 0 Å². The van der Waals surface area contributed by atoms with Crippen LogP contribution >= 0.6 is 22.6 Å². The third-order valence-electron chi connectivity index (χ3n) is 4.38. The van der Waals surface area contributed by atoms with Gasteiger partial charge in [-0.2, -0.15) is 0 Å². The summed E-state index contributed by atoms with van der Waals surface area (Å²) in [7, 11) is 4.38. The number of likely N-dealkylation sites (N-methyl/N-ethyl adjacent to an activating group) is 1. The molecule has 1 saturated carbocycles. The summed E-state index contributed by atoms with van der Waals surface area (Å²) in [5, 5.41) is 0. The third kappa shape index (κ3) is 2.05. The first-order chi connectivity index (χ1) is 8.61. The van der Waals surface area contributed by atoms with Crippen molar-refractivity contribution < 1.29 is 4.74 Å². The van der Waals surface area contributed by atoms with Crippen LogP contribution in [0, 0.1) is 3.57 Å². The first kappa shape index (κ1) is 12.7. The Bertz CT molecular complexity index is 460. The molecule has 0 saturated heterocycles. The molecule has 2 aliphatic rings. The fourth-order valence-corrected chi connectivity index (χ4v) is 4.16. The summed E-state index contributed by atoms with van der Waals surface area (Å²) in [5.74, 6) is 1.11. The quantitative estimate of drug-likeness (QED) is 0.714. The first-order valence-electron chi connectivity index (χ1n) is 6.75. The van der Waals surface area contributed by atoms with Crippen LogP contribution in [-0.4, -0.2) is 30.6 Å². The molecule has 1 aliphatic carbocycles. The second-order valence-electron chi connectivity index (χ2n) is 5.82. The van der Waals surface area contributed by atoms with Gasteiger partial charge in [0.15, 0.2) is 0 Å². The molecule has 1 aliphatic heterocycles. The largest absolute Gasteiger partial charge is 0.485 e. The lowest BCUT2D eigenvalue weighted by molar-refractivity contribution is -0.0222. The summed E-state index contributed by atoms with van der Waals surface area (Å²) in [5.41, 5.74) is 1.43. The molecule has 0 amide bonds. The van der Waals surface area contributed by atoms with Gasteiger partial charge in [-0.05, 0) is 79.7 Å². The molecule has 3 heteroatoms. The van der Waals surface area contributed by atoms with Gasteiger partial charge in [0, 0.05) is 16.0 Å². The Hall–Kier alpha value is -0.290. The van der Waals surface area contributed by atoms with Gasteiger partial charge in [0.1, 0.15) is 11.4 Å². The van der Waals surface area contributed by atoms with E-state index < -0.39 is 0 Å². The molecular formula is C15H20INO. The van der Waals surface area contributed by atoms with Crippen LogP contribution in [0.15, 0.2) is 18.2 Å². The molecule has 0 N–H and O–H groups in total. The molecule has 1 fully saturated rings. The molecule has 1 heterocycles. The van der Waals surface area contributed by atoms with E-state index in [1.807, 2.05) is 0 Å². The van der Waals surface area contributed by atoms with Crippen molar-refractivity contribution in [3.8, 4) is 5.75 Å². The summed E-state index contributed by atoms with van der Waals surface area (Å²) in [6, 6.07) is 7.13. The van der Waals surface area contributed by atoms with Gasteiger partial charge in [0.05, 0.1) is 0 Å². The van der Waals surface area contributed by atoms with Crippen molar-refractivity contribution in [2.75, 3.05) is 14.1 Å². The maximum atomic E-state index is 6.42. The van der Waals surface area contributed by atoms with E-state index in [0.29, 0.717) is 6.04 Å². The summed E-state index contributed by atoms with van der Waals surface area (Å²) in [6.07, 6.45) is 6.18. The lowest BCUT2D eigenvalue weighted by atomic mass is 9.77. The SMILES string of the molecule is CN(C)C1CCCCC12Cc1cc(I)ccc1O2. The van der Waals surface area contributed by atoms with Gasteiger partial charge in [-0.1, -0.05) is 6.42 Å². The van der Waals surface area contributed by atoms with Crippen molar-refractivity contribution in [2.45, 2.75) is 43.7 Å². The Morgan fingerprint density at radius 1 is 1.33 bits per heavy atom. The van der Waals surface area contributed by atoms with Crippen molar-refractivity contribution in [1.29, 1.82) is 0 Å². The molecule has 1 spiro atoms. The lowest BCUT2D eigenvalue weighted by Crippen LogP contribution is -2.55. The third-order valence-corrected chi connectivity index (χ3v) is 5.05. The van der Waals surface area contributed by atoms with Gasteiger partial charge in [0.25, 0.3) is 0 Å². The Morgan fingerprint density at radius 3 is 2.94 bits per heavy atom. The van der Waals surface area contributed by atoms with Gasteiger partial charge in [-0.15, -0.1) is 0 Å². The van der Waals surface area contributed by atoms with E-state index in [-0.39, 0.29) is 5.60 Å². The second kappa shape index (κ2) is 4.67. The van der Waals surface area contributed by atoms with Crippen molar-refractivity contribution >= 4 is 22.6 Å². The molecule has 1 aromatic rings. The minimum Gasteiger partial charge on any atom is -0.485 e. The number of nitrogens with zero attached hydrogens (tertiary/aromatic N) is 1. The van der Waals surface area contributed by atoms with E-state index in [4.69, 9.17) is 4.74 Å². The highest BCUT2D eigenvalue weighted by Gasteiger charge is 2.48. The van der Waals surface area contributed by atoms with E-state index in [2.05, 4.69) is 59.8 Å². The Morgan fingerprint density at radius 2 is 2.17 bits per heavy atom. The number of halogens is 1. The first-order valence-corrected chi connectivity index (χ1v) is 7.82. The summed E-state index contributed by atoms with van der Waals surface area (Å²) >= 11 is 2.39. The van der Waals surface area contributed by atoms with Gasteiger partial charge in [-0.25, -0.2) is 0 Å². The molecule has 2 unspecified atom stereocenters. The van der Waals surface area contributed by atoms with Crippen molar-refractivity contribution in [2.24, 2.45) is 0 Å². The van der Waals surface area contributed by atoms with Crippen LogP contribution in [0.5, 0.6) is 5.75 Å². The van der Waals surface area contributed by atoms with E-state index in [9.17, 15) is 0 Å². The van der Waals surface area contributed by atoms with Crippen LogP contribution < -0.4 is 4.74 Å². The van der Waals surface area contributed by atoms with Crippen LogP contribution in [0.25, 0.3) is 0 Å². The monoisotopic (exact) mass is 357 g/mol. The van der Waals surface area contributed by atoms with Crippen LogP contribution in [-0.2, 0) is 6.42 Å². The Labute approximate surface area is 123 Å². The number of benzene rings is 1. The fraction of sp³-hybridized carbons (Fsp3) is 0.600. The molecule has 2 nitrogen and oxygen atoms in total. The second-order valence-corrected chi connectivity index (χ2v) is 7.07. The number of hydrogen-bond donors (Lipinski definition) is 0. The number of hydrogen-bond acceptors (Lipinski definition) is 2. The van der Waals surface area contributed by atoms with Gasteiger partial charge >= 0.3 is 0 Å². The number of fused-ring (bicyclic) bond motifs is 1. The highest BCUT2D eigenvalue weighted by molar-refractivity contribution is 14.1. The van der Waals surface area contributed by atoms with Crippen LogP contribution in [0.2, 0.25) is 0 Å². The highest BCUT2D eigenvalue weighted by atomic mass is 127. The molecule has 3 rings (SSSR count). The highest BCUT2D eigenvalue weighted by Crippen LogP contribution is 2.45. The van der Waals surface area contributed by atoms with E-state index in [1.165, 1.54) is 34.8 Å². The minimum absolute atomic E-state index is 0.0362. The van der Waals surface area contributed by atoms with E-state index >= 15 is 0 Å². The van der Waals surface area contributed by atoms with Crippen LogP contribution in [0.1, 0.15) is 31.2 Å². The zero-order valence-corrected chi connectivity index (χ0v) is 13.2. The molecule has 1 aromatic carbocycles. The average molecular weight is 357 g/mol. The zero-order valence-electron chi connectivity index (χ0n) is 11.1. The predicted octanol–water partition coefficient (Wildman–Crippen LogP) is 3.47. The standard InChI is InChI=1S/C15H20INO/c1-17(2)14-5-3-4-8-15(14)10-11-9-12(16)6-7-13(11)18-15/h6-7,9,14H,3-5,8,10H2,1-2H3. The maximum Gasteiger partial charge on any atom is 0.129 e. The molecule has 18 heavy (non-hydrogen) atoms. The Kier molecular flexibility index (Phi) is 3.30. The molecule has 98 valence electrons. The van der Waals surface area contributed by atoms with Crippen molar-refractivity contribution in [3.05, 3.63) is 27.3 Å². The summed E-state index contributed by atoms with van der Waals surface area (Å²) in [4.78, 5) is 2.36. The maximum absolute atomic E-state index is 6.42. The predicted molar refractivity (Wildman–Crippen MR) is 82.2 cm³/mol. The number of rotatable bonds is 1. The normalized spacial score (nSPS) is 30.6.